The maximum absolute atomic E-state index is 12.9. The van der Waals surface area contributed by atoms with Crippen molar-refractivity contribution in [3.63, 3.8) is 0 Å². The minimum atomic E-state index is -0.673. The van der Waals surface area contributed by atoms with E-state index in [0.717, 1.165) is 16.1 Å². The molecule has 1 N–H and O–H groups in total. The van der Waals surface area contributed by atoms with Crippen molar-refractivity contribution in [3.05, 3.63) is 58.1 Å². The molecule has 0 bridgehead atoms. The van der Waals surface area contributed by atoms with Crippen LogP contribution in [-0.4, -0.2) is 10.9 Å². The highest BCUT2D eigenvalue weighted by Gasteiger charge is 2.08. The number of aryl methyl sites for hydroxylation is 1. The molecule has 1 amide bonds. The molecular formula is C13H10BrFN2O. The van der Waals surface area contributed by atoms with Crippen LogP contribution in [0.15, 0.2) is 41.0 Å². The summed E-state index contributed by atoms with van der Waals surface area (Å²) in [6.45, 7) is 1.92. The van der Waals surface area contributed by atoms with Crippen LogP contribution < -0.4 is 5.32 Å². The van der Waals surface area contributed by atoms with E-state index in [0.29, 0.717) is 5.69 Å². The van der Waals surface area contributed by atoms with E-state index in [1.54, 1.807) is 6.07 Å². The number of hydrogen-bond donors (Lipinski definition) is 1. The first kappa shape index (κ1) is 12.7. The molecule has 0 unspecified atom stereocenters. The number of aromatic nitrogens is 1. The maximum atomic E-state index is 12.9. The van der Waals surface area contributed by atoms with E-state index in [1.165, 1.54) is 12.3 Å². The van der Waals surface area contributed by atoms with Gasteiger partial charge in [0.25, 0.3) is 5.91 Å². The summed E-state index contributed by atoms with van der Waals surface area (Å²) in [6, 6.07) is 8.11. The van der Waals surface area contributed by atoms with Crippen molar-refractivity contribution in [1.82, 2.24) is 4.98 Å². The number of nitrogens with one attached hydrogen (secondary N) is 1. The Labute approximate surface area is 112 Å². The van der Waals surface area contributed by atoms with Crippen molar-refractivity contribution in [2.24, 2.45) is 0 Å². The number of halogens is 2. The highest BCUT2D eigenvalue weighted by Crippen LogP contribution is 2.19. The molecule has 18 heavy (non-hydrogen) atoms. The molecule has 2 aromatic rings. The lowest BCUT2D eigenvalue weighted by molar-refractivity contribution is 0.102. The summed E-state index contributed by atoms with van der Waals surface area (Å²) in [5.41, 5.74) is 1.91. The normalized spacial score (nSPS) is 10.2. The number of pyridine rings is 1. The van der Waals surface area contributed by atoms with Gasteiger partial charge in [-0.25, -0.2) is 4.98 Å². The highest BCUT2D eigenvalue weighted by atomic mass is 79.9. The van der Waals surface area contributed by atoms with Gasteiger partial charge in [-0.1, -0.05) is 15.9 Å². The third-order valence-corrected chi connectivity index (χ3v) is 2.75. The van der Waals surface area contributed by atoms with Crippen molar-refractivity contribution < 1.29 is 9.18 Å². The molecule has 0 aliphatic carbocycles. The minimum absolute atomic E-state index is 0.236. The van der Waals surface area contributed by atoms with Crippen molar-refractivity contribution in [2.45, 2.75) is 6.92 Å². The third-order valence-electron chi connectivity index (χ3n) is 2.29. The largest absolute Gasteiger partial charge is 0.322 e. The fourth-order valence-electron chi connectivity index (χ4n) is 1.56. The molecule has 0 aliphatic rings. The SMILES string of the molecule is Cc1cc(Br)cc(NC(=O)c2ccnc(F)c2)c1. The van der Waals surface area contributed by atoms with Gasteiger partial charge < -0.3 is 5.32 Å². The van der Waals surface area contributed by atoms with E-state index in [9.17, 15) is 9.18 Å². The summed E-state index contributed by atoms with van der Waals surface area (Å²) in [7, 11) is 0. The Kier molecular flexibility index (Phi) is 3.72. The molecule has 0 fully saturated rings. The Morgan fingerprint density at radius 1 is 1.33 bits per heavy atom. The van der Waals surface area contributed by atoms with E-state index in [1.807, 2.05) is 19.1 Å². The maximum Gasteiger partial charge on any atom is 0.255 e. The topological polar surface area (TPSA) is 42.0 Å². The Balaban J connectivity index is 2.21. The summed E-state index contributed by atoms with van der Waals surface area (Å²) in [5, 5.41) is 2.70. The van der Waals surface area contributed by atoms with E-state index >= 15 is 0 Å². The monoisotopic (exact) mass is 308 g/mol. The number of anilines is 1. The highest BCUT2D eigenvalue weighted by molar-refractivity contribution is 9.10. The minimum Gasteiger partial charge on any atom is -0.322 e. The molecule has 0 aliphatic heterocycles. The van der Waals surface area contributed by atoms with Crippen molar-refractivity contribution in [3.8, 4) is 0 Å². The molecule has 1 heterocycles. The quantitative estimate of drug-likeness (QED) is 0.862. The van der Waals surface area contributed by atoms with Gasteiger partial charge in [-0.05, 0) is 36.8 Å². The van der Waals surface area contributed by atoms with Gasteiger partial charge in [-0.2, -0.15) is 4.39 Å². The number of carbonyl (C=O) groups excluding carboxylic acids is 1. The fourth-order valence-corrected chi connectivity index (χ4v) is 2.16. The molecule has 92 valence electrons. The molecule has 0 atom stereocenters. The molecule has 3 nitrogen and oxygen atoms in total. The van der Waals surface area contributed by atoms with Crippen molar-refractivity contribution in [2.75, 3.05) is 5.32 Å². The smallest absolute Gasteiger partial charge is 0.255 e. The van der Waals surface area contributed by atoms with Crippen LogP contribution in [0, 0.1) is 12.9 Å². The molecular weight excluding hydrogens is 299 g/mol. The number of benzene rings is 1. The van der Waals surface area contributed by atoms with Crippen LogP contribution in [0.4, 0.5) is 10.1 Å². The molecule has 1 aromatic carbocycles. The van der Waals surface area contributed by atoms with Crippen LogP contribution in [0.1, 0.15) is 15.9 Å². The van der Waals surface area contributed by atoms with Gasteiger partial charge in [-0.15, -0.1) is 0 Å². The van der Waals surface area contributed by atoms with E-state index < -0.39 is 5.95 Å². The number of amides is 1. The van der Waals surface area contributed by atoms with E-state index in [2.05, 4.69) is 26.2 Å². The first-order valence-corrected chi connectivity index (χ1v) is 6.04. The third kappa shape index (κ3) is 3.13. The summed E-state index contributed by atoms with van der Waals surface area (Å²) in [6.07, 6.45) is 1.26. The average Bonchev–Trinajstić information content (AvgIpc) is 2.27. The molecule has 5 heteroatoms. The molecule has 0 spiro atoms. The molecule has 2 rings (SSSR count). The molecule has 1 aromatic heterocycles. The number of rotatable bonds is 2. The second kappa shape index (κ2) is 5.27. The summed E-state index contributed by atoms with van der Waals surface area (Å²) in [4.78, 5) is 15.3. The lowest BCUT2D eigenvalue weighted by Gasteiger charge is -2.07. The fraction of sp³-hybridized carbons (Fsp3) is 0.0769. The predicted molar refractivity (Wildman–Crippen MR) is 71.0 cm³/mol. The van der Waals surface area contributed by atoms with Crippen LogP contribution in [0.25, 0.3) is 0 Å². The number of carbonyl (C=O) groups is 1. The van der Waals surface area contributed by atoms with Crippen LogP contribution in [0.2, 0.25) is 0 Å². The standard InChI is InChI=1S/C13H10BrFN2O/c1-8-4-10(14)7-11(5-8)17-13(18)9-2-3-16-12(15)6-9/h2-7H,1H3,(H,17,18). The van der Waals surface area contributed by atoms with Gasteiger partial charge in [-0.3, -0.25) is 4.79 Å². The first-order valence-electron chi connectivity index (χ1n) is 5.25. The van der Waals surface area contributed by atoms with Gasteiger partial charge in [0.15, 0.2) is 0 Å². The van der Waals surface area contributed by atoms with Gasteiger partial charge >= 0.3 is 0 Å². The summed E-state index contributed by atoms with van der Waals surface area (Å²) >= 11 is 3.35. The van der Waals surface area contributed by atoms with Crippen molar-refractivity contribution >= 4 is 27.5 Å². The van der Waals surface area contributed by atoms with E-state index in [-0.39, 0.29) is 11.5 Å². The van der Waals surface area contributed by atoms with Crippen molar-refractivity contribution in [1.29, 1.82) is 0 Å². The Bertz CT molecular complexity index is 581. The summed E-state index contributed by atoms with van der Waals surface area (Å²) < 4.78 is 13.8. The zero-order chi connectivity index (χ0) is 13.1. The molecule has 0 radical (unpaired) electrons. The Morgan fingerprint density at radius 3 is 2.78 bits per heavy atom. The van der Waals surface area contributed by atoms with Crippen LogP contribution in [-0.2, 0) is 0 Å². The van der Waals surface area contributed by atoms with Crippen LogP contribution in [0.5, 0.6) is 0 Å². The van der Waals surface area contributed by atoms with Crippen LogP contribution >= 0.6 is 15.9 Å². The second-order valence-corrected chi connectivity index (χ2v) is 4.75. The van der Waals surface area contributed by atoms with Gasteiger partial charge in [0.2, 0.25) is 5.95 Å². The molecule has 0 saturated carbocycles. The average molecular weight is 309 g/mol. The van der Waals surface area contributed by atoms with Gasteiger partial charge in [0, 0.05) is 28.0 Å². The van der Waals surface area contributed by atoms with Crippen LogP contribution in [0.3, 0.4) is 0 Å². The lowest BCUT2D eigenvalue weighted by atomic mass is 10.2. The number of hydrogen-bond acceptors (Lipinski definition) is 2. The number of nitrogens with zero attached hydrogens (tertiary/aromatic N) is 1. The lowest BCUT2D eigenvalue weighted by Crippen LogP contribution is -2.12. The van der Waals surface area contributed by atoms with E-state index in [4.69, 9.17) is 0 Å². The zero-order valence-corrected chi connectivity index (χ0v) is 11.2. The summed E-state index contributed by atoms with van der Waals surface area (Å²) in [5.74, 6) is -1.04. The second-order valence-electron chi connectivity index (χ2n) is 3.84. The Hall–Kier alpha value is -1.75. The predicted octanol–water partition coefficient (Wildman–Crippen LogP) is 3.54. The first-order chi connectivity index (χ1) is 8.54. The van der Waals surface area contributed by atoms with Gasteiger partial charge in [0.05, 0.1) is 0 Å². The Morgan fingerprint density at radius 2 is 2.11 bits per heavy atom. The van der Waals surface area contributed by atoms with Gasteiger partial charge in [0.1, 0.15) is 0 Å². The molecule has 0 saturated heterocycles. The zero-order valence-electron chi connectivity index (χ0n) is 9.58.